The van der Waals surface area contributed by atoms with Crippen LogP contribution in [0.15, 0.2) is 75.7 Å². The average Bonchev–Trinajstić information content (AvgIpc) is 3.24. The third kappa shape index (κ3) is 6.77. The Hall–Kier alpha value is -2.18. The molecule has 0 saturated carbocycles. The van der Waals surface area contributed by atoms with Crippen LogP contribution in [0, 0.1) is 6.92 Å². The summed E-state index contributed by atoms with van der Waals surface area (Å²) in [5, 5.41) is -0.487. The number of halogens is 3. The second kappa shape index (κ2) is 11.7. The first-order chi connectivity index (χ1) is 17.7. The molecule has 0 aliphatic carbocycles. The molecule has 17 heteroatoms. The molecule has 39 heavy (non-hydrogen) atoms. The molecule has 0 amide bonds. The molecule has 0 spiro atoms. The van der Waals surface area contributed by atoms with Crippen LogP contribution in [0.4, 0.5) is 13.2 Å². The fourth-order valence-electron chi connectivity index (χ4n) is 3.54. The molecule has 1 atom stereocenters. The van der Waals surface area contributed by atoms with Crippen molar-refractivity contribution in [3.63, 3.8) is 0 Å². The Morgan fingerprint density at radius 3 is 2.28 bits per heavy atom. The number of benzene rings is 2. The first kappa shape index (κ1) is 31.3. The third-order valence-electron chi connectivity index (χ3n) is 5.26. The number of aromatic nitrogens is 3. The Balaban J connectivity index is 0.00000420. The van der Waals surface area contributed by atoms with Crippen LogP contribution in [0.2, 0.25) is 0 Å². The SMILES string of the molecule is Cc1c(OCC(F)(F)F)ccnc1C[S+]([O-])c1nc2ccccc2n1S(=O)(=O)c1ccccc1S(=O)(=O)O.[NaH]. The summed E-state index contributed by atoms with van der Waals surface area (Å²) in [5.74, 6) is -0.596. The summed E-state index contributed by atoms with van der Waals surface area (Å²) in [6.45, 7) is -0.144. The normalized spacial score (nSPS) is 13.2. The van der Waals surface area contributed by atoms with Crippen molar-refractivity contribution in [2.45, 2.75) is 33.8 Å². The topological polar surface area (TPSA) is 152 Å². The van der Waals surface area contributed by atoms with Crippen LogP contribution in [-0.4, -0.2) is 82.2 Å². The summed E-state index contributed by atoms with van der Waals surface area (Å²) in [7, 11) is -9.76. The number of ether oxygens (including phenoxy) is 1. The van der Waals surface area contributed by atoms with E-state index in [9.17, 15) is 39.1 Å². The molecule has 4 rings (SSSR count). The number of imidazole rings is 1. The van der Waals surface area contributed by atoms with E-state index in [0.29, 0.717) is 3.97 Å². The number of fused-ring (bicyclic) bond motifs is 1. The van der Waals surface area contributed by atoms with E-state index in [1.807, 2.05) is 0 Å². The van der Waals surface area contributed by atoms with E-state index in [4.69, 9.17) is 4.74 Å². The molecule has 0 bridgehead atoms. The quantitative estimate of drug-likeness (QED) is 0.180. The molecule has 0 aliphatic heterocycles. The summed E-state index contributed by atoms with van der Waals surface area (Å²) in [5.41, 5.74) is 0.327. The summed E-state index contributed by atoms with van der Waals surface area (Å²) < 4.78 is 118. The molecule has 4 aromatic rings. The van der Waals surface area contributed by atoms with E-state index in [-0.39, 0.29) is 57.6 Å². The molecule has 204 valence electrons. The van der Waals surface area contributed by atoms with Gasteiger partial charge in [0.2, 0.25) is 0 Å². The van der Waals surface area contributed by atoms with Gasteiger partial charge < -0.3 is 9.29 Å². The molecule has 2 heterocycles. The van der Waals surface area contributed by atoms with Crippen molar-refractivity contribution in [3.8, 4) is 5.75 Å². The van der Waals surface area contributed by atoms with Gasteiger partial charge in [0.15, 0.2) is 12.4 Å². The van der Waals surface area contributed by atoms with E-state index in [0.717, 1.165) is 18.3 Å². The van der Waals surface area contributed by atoms with Gasteiger partial charge >= 0.3 is 40.9 Å². The van der Waals surface area contributed by atoms with Crippen LogP contribution in [0.3, 0.4) is 0 Å². The van der Waals surface area contributed by atoms with Gasteiger partial charge in [0.1, 0.15) is 15.5 Å². The fourth-order valence-corrected chi connectivity index (χ4v) is 7.87. The molecule has 2 aromatic carbocycles. The Kier molecular flexibility index (Phi) is 9.44. The van der Waals surface area contributed by atoms with Crippen molar-refractivity contribution in [1.82, 2.24) is 13.9 Å². The van der Waals surface area contributed by atoms with E-state index < -0.39 is 64.8 Å². The van der Waals surface area contributed by atoms with Crippen LogP contribution in [-0.2, 0) is 37.1 Å². The number of rotatable bonds is 8. The predicted octanol–water partition coefficient (Wildman–Crippen LogP) is 2.82. The Morgan fingerprint density at radius 2 is 1.64 bits per heavy atom. The number of nitrogens with zero attached hydrogens (tertiary/aromatic N) is 3. The van der Waals surface area contributed by atoms with Gasteiger partial charge in [-0.2, -0.15) is 30.5 Å². The van der Waals surface area contributed by atoms with Crippen molar-refractivity contribution in [2.24, 2.45) is 0 Å². The van der Waals surface area contributed by atoms with Crippen molar-refractivity contribution < 1.29 is 43.8 Å². The number of hydrogen-bond acceptors (Lipinski definition) is 8. The van der Waals surface area contributed by atoms with E-state index in [1.165, 1.54) is 43.3 Å². The molecule has 2 aromatic heterocycles. The second-order valence-electron chi connectivity index (χ2n) is 7.85. The van der Waals surface area contributed by atoms with Gasteiger partial charge in [-0.1, -0.05) is 24.3 Å². The van der Waals surface area contributed by atoms with Gasteiger partial charge in [-0.25, -0.2) is 8.42 Å². The zero-order valence-corrected chi connectivity index (χ0v) is 21.7. The number of alkyl halides is 3. The van der Waals surface area contributed by atoms with Gasteiger partial charge in [0.05, 0.1) is 16.7 Å². The zero-order valence-electron chi connectivity index (χ0n) is 19.3. The van der Waals surface area contributed by atoms with Gasteiger partial charge in [0, 0.05) is 22.9 Å². The van der Waals surface area contributed by atoms with Crippen molar-refractivity contribution in [2.75, 3.05) is 6.61 Å². The van der Waals surface area contributed by atoms with E-state index in [1.54, 1.807) is 6.07 Å². The second-order valence-corrected chi connectivity index (χ2v) is 12.3. The van der Waals surface area contributed by atoms with Crippen LogP contribution in [0.5, 0.6) is 5.75 Å². The maximum atomic E-state index is 13.7. The average molecular weight is 614 g/mol. The van der Waals surface area contributed by atoms with Gasteiger partial charge in [-0.05, 0) is 37.3 Å². The Morgan fingerprint density at radius 1 is 1.03 bits per heavy atom. The Labute approximate surface area is 246 Å². The molecule has 0 fully saturated rings. The van der Waals surface area contributed by atoms with Crippen LogP contribution in [0.25, 0.3) is 11.0 Å². The zero-order chi connectivity index (χ0) is 27.9. The molecule has 0 aliphatic rings. The molecule has 1 unspecified atom stereocenters. The first-order valence-electron chi connectivity index (χ1n) is 10.5. The fraction of sp³-hybridized carbons (Fsp3) is 0.182. The Bertz CT molecular complexity index is 1730. The van der Waals surface area contributed by atoms with Crippen molar-refractivity contribution in [1.29, 1.82) is 0 Å². The summed E-state index contributed by atoms with van der Waals surface area (Å²) in [4.78, 5) is 6.56. The van der Waals surface area contributed by atoms with Crippen LogP contribution >= 0.6 is 0 Å². The predicted molar refractivity (Wildman–Crippen MR) is 136 cm³/mol. The standard InChI is InChI=1S/C22H18F3N3O7S3.Na.H/c1-14-16(26-11-10-18(14)35-13-22(23,24)25)12-36(29)21-27-15-6-2-3-7-17(15)28(21)37(30,31)19-8-4-5-9-20(19)38(32,33)34;;/h2-11H,12-13H2,1H3,(H,32,33,34);;. The van der Waals surface area contributed by atoms with Gasteiger partial charge in [-0.15, -0.1) is 0 Å². The number of pyridine rings is 1. The van der Waals surface area contributed by atoms with Crippen LogP contribution in [0.1, 0.15) is 11.3 Å². The molecule has 1 N–H and O–H groups in total. The minimum absolute atomic E-state index is 0. The first-order valence-corrected chi connectivity index (χ1v) is 14.7. The molecular formula is C22H19F3N3NaO7S3. The summed E-state index contributed by atoms with van der Waals surface area (Å²) in [6, 6.07) is 11.4. The summed E-state index contributed by atoms with van der Waals surface area (Å²) in [6.07, 6.45) is -3.43. The molecule has 0 radical (unpaired) electrons. The van der Waals surface area contributed by atoms with Gasteiger partial charge in [-0.3, -0.25) is 9.54 Å². The maximum absolute atomic E-state index is 13.7. The minimum atomic E-state index is -4.96. The van der Waals surface area contributed by atoms with Crippen molar-refractivity contribution in [3.05, 3.63) is 72.1 Å². The molecule has 10 nitrogen and oxygen atoms in total. The molecular weight excluding hydrogens is 594 g/mol. The van der Waals surface area contributed by atoms with E-state index in [2.05, 4.69) is 9.97 Å². The number of hydrogen-bond donors (Lipinski definition) is 1. The molecule has 0 saturated heterocycles. The van der Waals surface area contributed by atoms with Crippen molar-refractivity contribution >= 4 is 71.9 Å². The van der Waals surface area contributed by atoms with Crippen LogP contribution < -0.4 is 4.74 Å². The summed E-state index contributed by atoms with van der Waals surface area (Å²) >= 11 is -2.25. The number of para-hydroxylation sites is 2. The monoisotopic (exact) mass is 613 g/mol. The third-order valence-corrected chi connectivity index (χ3v) is 9.39. The van der Waals surface area contributed by atoms with Gasteiger partial charge in [0.25, 0.3) is 20.1 Å². The van der Waals surface area contributed by atoms with E-state index >= 15 is 0 Å².